The second kappa shape index (κ2) is 1.98. The zero-order chi connectivity index (χ0) is 6.85. The largest absolute Gasteiger partial charge is 0.370 e. The van der Waals surface area contributed by atoms with Crippen LogP contribution in [0, 0.1) is 4.91 Å². The van der Waals surface area contributed by atoms with Crippen LogP contribution in [0.15, 0.2) is 5.18 Å². The van der Waals surface area contributed by atoms with E-state index in [9.17, 15) is 9.70 Å². The third-order valence-corrected chi connectivity index (χ3v) is 0.971. The molecule has 9 heavy (non-hydrogen) atoms. The number of nitrogens with one attached hydrogen (secondary N) is 2. The lowest BCUT2D eigenvalue weighted by Crippen LogP contribution is -2.30. The van der Waals surface area contributed by atoms with Gasteiger partial charge in [0, 0.05) is 0 Å². The number of amides is 2. The highest BCUT2D eigenvalue weighted by atomic mass is 16.3. The molecular formula is C3H5N3O3. The molecule has 1 aliphatic rings. The number of hydrogen-bond donors (Lipinski definition) is 3. The van der Waals surface area contributed by atoms with Crippen molar-refractivity contribution in [2.45, 2.75) is 12.4 Å². The van der Waals surface area contributed by atoms with Crippen LogP contribution in [-0.2, 0) is 0 Å². The summed E-state index contributed by atoms with van der Waals surface area (Å²) in [5, 5.41) is 15.2. The summed E-state index contributed by atoms with van der Waals surface area (Å²) in [5.41, 5.74) is 0. The Bertz CT molecular complexity index is 147. The molecule has 3 N–H and O–H groups in total. The molecule has 2 unspecified atom stereocenters. The maximum absolute atomic E-state index is 10.2. The molecule has 0 aromatic rings. The predicted molar refractivity (Wildman–Crippen MR) is 27.3 cm³/mol. The van der Waals surface area contributed by atoms with Crippen molar-refractivity contribution in [3.05, 3.63) is 4.91 Å². The van der Waals surface area contributed by atoms with Crippen LogP contribution in [0.1, 0.15) is 0 Å². The van der Waals surface area contributed by atoms with Gasteiger partial charge in [0.1, 0.15) is 0 Å². The van der Waals surface area contributed by atoms with Crippen molar-refractivity contribution >= 4 is 6.03 Å². The quantitative estimate of drug-likeness (QED) is 0.386. The maximum atomic E-state index is 10.2. The molecule has 1 aliphatic heterocycles. The molecule has 0 aromatic heterocycles. The van der Waals surface area contributed by atoms with Gasteiger partial charge >= 0.3 is 6.03 Å². The molecule has 1 heterocycles. The zero-order valence-corrected chi connectivity index (χ0v) is 4.37. The lowest BCUT2D eigenvalue weighted by Gasteiger charge is -2.00. The Labute approximate surface area is 50.2 Å². The smallest absolute Gasteiger partial charge is 0.318 e. The fourth-order valence-corrected chi connectivity index (χ4v) is 0.552. The summed E-state index contributed by atoms with van der Waals surface area (Å²) in [6, 6.07) is -0.577. The lowest BCUT2D eigenvalue weighted by molar-refractivity contribution is 0.142. The Morgan fingerprint density at radius 3 is 2.44 bits per heavy atom. The van der Waals surface area contributed by atoms with E-state index in [-0.39, 0.29) is 0 Å². The van der Waals surface area contributed by atoms with E-state index in [4.69, 9.17) is 5.11 Å². The first-order chi connectivity index (χ1) is 4.24. The monoisotopic (exact) mass is 131 g/mol. The molecule has 0 spiro atoms. The van der Waals surface area contributed by atoms with Crippen molar-refractivity contribution in [1.29, 1.82) is 0 Å². The maximum Gasteiger partial charge on any atom is 0.318 e. The van der Waals surface area contributed by atoms with E-state index in [1.54, 1.807) is 0 Å². The van der Waals surface area contributed by atoms with Crippen molar-refractivity contribution in [3.63, 3.8) is 0 Å². The van der Waals surface area contributed by atoms with Gasteiger partial charge in [-0.1, -0.05) is 0 Å². The summed E-state index contributed by atoms with van der Waals surface area (Å²) < 4.78 is 0. The van der Waals surface area contributed by atoms with E-state index in [1.807, 2.05) is 5.32 Å². The van der Waals surface area contributed by atoms with Crippen LogP contribution in [0.4, 0.5) is 4.79 Å². The SMILES string of the molecule is O=NC1NC(=O)NC1O. The fraction of sp³-hybridized carbons (Fsp3) is 0.667. The number of nitrogens with zero attached hydrogens (tertiary/aromatic N) is 1. The Kier molecular flexibility index (Phi) is 1.31. The van der Waals surface area contributed by atoms with Crippen molar-refractivity contribution in [2.75, 3.05) is 0 Å². The first kappa shape index (κ1) is 5.96. The summed E-state index contributed by atoms with van der Waals surface area (Å²) >= 11 is 0. The predicted octanol–water partition coefficient (Wildman–Crippen LogP) is -1.29. The highest BCUT2D eigenvalue weighted by Crippen LogP contribution is 1.97. The van der Waals surface area contributed by atoms with Gasteiger partial charge in [0.05, 0.1) is 0 Å². The van der Waals surface area contributed by atoms with Crippen LogP contribution in [-0.4, -0.2) is 23.5 Å². The third kappa shape index (κ3) is 0.968. The minimum Gasteiger partial charge on any atom is -0.370 e. The van der Waals surface area contributed by atoms with Crippen LogP contribution in [0.3, 0.4) is 0 Å². The Morgan fingerprint density at radius 2 is 2.22 bits per heavy atom. The molecular weight excluding hydrogens is 126 g/mol. The third-order valence-electron chi connectivity index (χ3n) is 0.971. The Morgan fingerprint density at radius 1 is 1.56 bits per heavy atom. The highest BCUT2D eigenvalue weighted by Gasteiger charge is 2.30. The van der Waals surface area contributed by atoms with Crippen molar-refractivity contribution in [3.8, 4) is 0 Å². The lowest BCUT2D eigenvalue weighted by atomic mass is 10.5. The molecule has 6 heteroatoms. The van der Waals surface area contributed by atoms with Gasteiger partial charge < -0.3 is 15.7 Å². The molecule has 0 radical (unpaired) electrons. The molecule has 1 rings (SSSR count). The number of nitroso groups, excluding NO2 is 1. The van der Waals surface area contributed by atoms with Gasteiger partial charge in [-0.15, -0.1) is 4.91 Å². The molecule has 50 valence electrons. The van der Waals surface area contributed by atoms with Crippen LogP contribution >= 0.6 is 0 Å². The summed E-state index contributed by atoms with van der Waals surface area (Å²) in [6.07, 6.45) is -2.23. The molecule has 6 nitrogen and oxygen atoms in total. The average Bonchev–Trinajstić information content (AvgIpc) is 2.10. The van der Waals surface area contributed by atoms with Crippen LogP contribution in [0.25, 0.3) is 0 Å². The summed E-state index contributed by atoms with van der Waals surface area (Å²) in [7, 11) is 0. The van der Waals surface area contributed by atoms with E-state index < -0.39 is 18.4 Å². The number of hydrogen-bond acceptors (Lipinski definition) is 4. The number of carbonyl (C=O) groups excluding carboxylic acids is 1. The van der Waals surface area contributed by atoms with E-state index >= 15 is 0 Å². The van der Waals surface area contributed by atoms with E-state index in [0.717, 1.165) is 0 Å². The number of aliphatic hydroxyl groups is 1. The summed E-state index contributed by atoms with van der Waals surface area (Å²) in [6.45, 7) is 0. The van der Waals surface area contributed by atoms with E-state index in [0.29, 0.717) is 0 Å². The Hall–Kier alpha value is -1.17. The number of rotatable bonds is 1. The second-order valence-corrected chi connectivity index (χ2v) is 1.61. The van der Waals surface area contributed by atoms with Crippen LogP contribution in [0.5, 0.6) is 0 Å². The van der Waals surface area contributed by atoms with Gasteiger partial charge in [-0.2, -0.15) is 0 Å². The molecule has 0 saturated carbocycles. The minimum absolute atomic E-state index is 0.577. The van der Waals surface area contributed by atoms with Crippen molar-refractivity contribution in [1.82, 2.24) is 10.6 Å². The van der Waals surface area contributed by atoms with Gasteiger partial charge in [-0.3, -0.25) is 0 Å². The summed E-state index contributed by atoms with van der Waals surface area (Å²) in [5.74, 6) is 0. The molecule has 0 bridgehead atoms. The normalized spacial score (nSPS) is 33.2. The van der Waals surface area contributed by atoms with Crippen molar-refractivity contribution in [2.24, 2.45) is 5.18 Å². The fourth-order valence-electron chi connectivity index (χ4n) is 0.552. The highest BCUT2D eigenvalue weighted by molar-refractivity contribution is 5.76. The zero-order valence-electron chi connectivity index (χ0n) is 4.37. The molecule has 1 saturated heterocycles. The number of urea groups is 1. The van der Waals surface area contributed by atoms with Crippen LogP contribution < -0.4 is 10.6 Å². The van der Waals surface area contributed by atoms with Gasteiger partial charge in [0.25, 0.3) is 0 Å². The van der Waals surface area contributed by atoms with Gasteiger partial charge in [0.2, 0.25) is 6.17 Å². The van der Waals surface area contributed by atoms with Gasteiger partial charge in [-0.25, -0.2) is 4.79 Å². The standard InChI is InChI=1S/C3H5N3O3/c7-2-1(6-9)4-3(8)5-2/h1-2,7H,(H2,4,5,8). The Balaban J connectivity index is 2.57. The van der Waals surface area contributed by atoms with E-state index in [2.05, 4.69) is 10.5 Å². The van der Waals surface area contributed by atoms with Gasteiger partial charge in [0.15, 0.2) is 6.23 Å². The topological polar surface area (TPSA) is 90.8 Å². The van der Waals surface area contributed by atoms with Crippen LogP contribution in [0.2, 0.25) is 0 Å². The minimum atomic E-state index is -1.19. The molecule has 1 fully saturated rings. The molecule has 0 aromatic carbocycles. The first-order valence-corrected chi connectivity index (χ1v) is 2.31. The molecule has 2 amide bonds. The average molecular weight is 131 g/mol. The summed E-state index contributed by atoms with van der Waals surface area (Å²) in [4.78, 5) is 19.9. The molecule has 0 aliphatic carbocycles. The van der Waals surface area contributed by atoms with Crippen molar-refractivity contribution < 1.29 is 9.90 Å². The number of aliphatic hydroxyl groups excluding tert-OH is 1. The second-order valence-electron chi connectivity index (χ2n) is 1.61. The molecule has 2 atom stereocenters. The van der Waals surface area contributed by atoms with E-state index in [1.165, 1.54) is 0 Å². The number of carbonyl (C=O) groups is 1. The van der Waals surface area contributed by atoms with Gasteiger partial charge in [-0.05, 0) is 5.18 Å². The first-order valence-electron chi connectivity index (χ1n) is 2.31.